The van der Waals surface area contributed by atoms with Crippen molar-refractivity contribution in [2.45, 2.75) is 13.3 Å². The molecule has 1 saturated heterocycles. The van der Waals surface area contributed by atoms with Crippen LogP contribution in [0.4, 0.5) is 14.9 Å². The number of aryl methyl sites for hydroxylation is 1. The summed E-state index contributed by atoms with van der Waals surface area (Å²) in [6, 6.07) is 3.76. The molecule has 1 unspecified atom stereocenters. The quantitative estimate of drug-likeness (QED) is 0.845. The summed E-state index contributed by atoms with van der Waals surface area (Å²) in [6.07, 6.45) is 1.83. The van der Waals surface area contributed by atoms with Gasteiger partial charge in [-0.1, -0.05) is 0 Å². The van der Waals surface area contributed by atoms with Crippen LogP contribution >= 0.6 is 0 Å². The Morgan fingerprint density at radius 1 is 1.42 bits per heavy atom. The van der Waals surface area contributed by atoms with Crippen molar-refractivity contribution in [1.29, 1.82) is 0 Å². The number of amides is 2. The fourth-order valence-electron chi connectivity index (χ4n) is 2.99. The summed E-state index contributed by atoms with van der Waals surface area (Å²) in [5, 5.41) is 13.6. The predicted molar refractivity (Wildman–Crippen MR) is 92.3 cm³/mol. The SMILES string of the molecule is Cc1nnnn1-c1cc(NC(=O)N2CCC(CS(C)(=O)=O)C2)ccc1F. The van der Waals surface area contributed by atoms with E-state index in [1.165, 1.54) is 29.1 Å². The van der Waals surface area contributed by atoms with Gasteiger partial charge in [-0.25, -0.2) is 17.6 Å². The van der Waals surface area contributed by atoms with Crippen LogP contribution in [0.15, 0.2) is 18.2 Å². The zero-order valence-electron chi connectivity index (χ0n) is 14.4. The van der Waals surface area contributed by atoms with Crippen molar-refractivity contribution < 1.29 is 17.6 Å². The summed E-state index contributed by atoms with van der Waals surface area (Å²) in [7, 11) is -3.08. The van der Waals surface area contributed by atoms with Crippen molar-refractivity contribution in [3.63, 3.8) is 0 Å². The number of hydrogen-bond acceptors (Lipinski definition) is 6. The van der Waals surface area contributed by atoms with E-state index >= 15 is 0 Å². The van der Waals surface area contributed by atoms with Crippen molar-refractivity contribution in [1.82, 2.24) is 25.1 Å². The Balaban J connectivity index is 1.70. The zero-order chi connectivity index (χ0) is 18.9. The van der Waals surface area contributed by atoms with Crippen molar-refractivity contribution >= 4 is 21.6 Å². The lowest BCUT2D eigenvalue weighted by atomic mass is 10.2. The summed E-state index contributed by atoms with van der Waals surface area (Å²) in [4.78, 5) is 14.0. The molecule has 1 aliphatic rings. The Bertz CT molecular complexity index is 929. The van der Waals surface area contributed by atoms with Gasteiger partial charge in [0.05, 0.1) is 5.75 Å². The third kappa shape index (κ3) is 4.15. The standard InChI is InChI=1S/C15H19FN6O3S/c1-10-18-19-20-22(10)14-7-12(3-4-13(14)16)17-15(23)21-6-5-11(8-21)9-26(2,24)25/h3-4,7,11H,5-6,8-9H2,1-2H3,(H,17,23). The topological polar surface area (TPSA) is 110 Å². The van der Waals surface area contributed by atoms with E-state index in [-0.39, 0.29) is 23.4 Å². The zero-order valence-corrected chi connectivity index (χ0v) is 15.2. The molecule has 1 N–H and O–H groups in total. The second-order valence-electron chi connectivity index (χ2n) is 6.43. The molecule has 0 saturated carbocycles. The molecule has 1 fully saturated rings. The van der Waals surface area contributed by atoms with Crippen LogP contribution in [0.5, 0.6) is 0 Å². The molecule has 1 aromatic heterocycles. The van der Waals surface area contributed by atoms with Gasteiger partial charge in [-0.05, 0) is 47.9 Å². The van der Waals surface area contributed by atoms with Gasteiger partial charge in [-0.2, -0.15) is 4.68 Å². The Hall–Kier alpha value is -2.56. The highest BCUT2D eigenvalue weighted by Gasteiger charge is 2.28. The first-order valence-corrected chi connectivity index (χ1v) is 10.1. The molecule has 11 heteroatoms. The fourth-order valence-corrected chi connectivity index (χ4v) is 4.12. The molecule has 2 aromatic rings. The number of aromatic nitrogens is 4. The van der Waals surface area contributed by atoms with Gasteiger partial charge >= 0.3 is 6.03 Å². The molecule has 1 aromatic carbocycles. The Morgan fingerprint density at radius 3 is 2.85 bits per heavy atom. The van der Waals surface area contributed by atoms with Crippen molar-refractivity contribution in [2.75, 3.05) is 30.4 Å². The maximum absolute atomic E-state index is 14.1. The molecular weight excluding hydrogens is 363 g/mol. The van der Waals surface area contributed by atoms with Crippen LogP contribution in [-0.4, -0.2) is 64.7 Å². The maximum atomic E-state index is 14.1. The smallest absolute Gasteiger partial charge is 0.321 e. The lowest BCUT2D eigenvalue weighted by Crippen LogP contribution is -2.33. The third-order valence-electron chi connectivity index (χ3n) is 4.16. The average molecular weight is 382 g/mol. The number of benzene rings is 1. The summed E-state index contributed by atoms with van der Waals surface area (Å²) < 4.78 is 38.1. The number of anilines is 1. The van der Waals surface area contributed by atoms with E-state index in [2.05, 4.69) is 20.8 Å². The van der Waals surface area contributed by atoms with E-state index < -0.39 is 15.7 Å². The Labute approximate surface area is 150 Å². The van der Waals surface area contributed by atoms with Gasteiger partial charge in [-0.15, -0.1) is 5.10 Å². The Morgan fingerprint density at radius 2 is 2.19 bits per heavy atom. The number of halogens is 1. The first-order valence-electron chi connectivity index (χ1n) is 8.01. The normalized spacial score (nSPS) is 17.5. The lowest BCUT2D eigenvalue weighted by molar-refractivity contribution is 0.221. The Kier molecular flexibility index (Phi) is 4.90. The largest absolute Gasteiger partial charge is 0.324 e. The van der Waals surface area contributed by atoms with Crippen molar-refractivity contribution in [3.8, 4) is 5.69 Å². The van der Waals surface area contributed by atoms with Gasteiger partial charge in [0.2, 0.25) is 0 Å². The van der Waals surface area contributed by atoms with E-state index in [9.17, 15) is 17.6 Å². The second-order valence-corrected chi connectivity index (χ2v) is 8.61. The summed E-state index contributed by atoms with van der Waals surface area (Å²) >= 11 is 0. The van der Waals surface area contributed by atoms with Crippen LogP contribution in [-0.2, 0) is 9.84 Å². The van der Waals surface area contributed by atoms with Gasteiger partial charge < -0.3 is 10.2 Å². The number of carbonyl (C=O) groups is 1. The number of likely N-dealkylation sites (tertiary alicyclic amines) is 1. The van der Waals surface area contributed by atoms with Crippen LogP contribution in [0, 0.1) is 18.7 Å². The van der Waals surface area contributed by atoms with Crippen LogP contribution in [0.2, 0.25) is 0 Å². The predicted octanol–water partition coefficient (Wildman–Crippen LogP) is 1.01. The number of hydrogen-bond donors (Lipinski definition) is 1. The molecule has 0 bridgehead atoms. The maximum Gasteiger partial charge on any atom is 0.321 e. The van der Waals surface area contributed by atoms with Gasteiger partial charge in [0.15, 0.2) is 5.82 Å². The minimum atomic E-state index is -3.08. The molecule has 1 atom stereocenters. The molecule has 0 aliphatic carbocycles. The number of nitrogens with zero attached hydrogens (tertiary/aromatic N) is 5. The highest BCUT2D eigenvalue weighted by Crippen LogP contribution is 2.22. The molecule has 140 valence electrons. The summed E-state index contributed by atoms with van der Waals surface area (Å²) in [5.41, 5.74) is 0.523. The van der Waals surface area contributed by atoms with E-state index in [0.717, 1.165) is 0 Å². The molecule has 2 heterocycles. The van der Waals surface area contributed by atoms with E-state index in [1.807, 2.05) is 0 Å². The molecule has 0 spiro atoms. The minimum Gasteiger partial charge on any atom is -0.324 e. The number of nitrogens with one attached hydrogen (secondary N) is 1. The van der Waals surface area contributed by atoms with Crippen molar-refractivity contribution in [2.24, 2.45) is 5.92 Å². The minimum absolute atomic E-state index is 0.0655. The number of urea groups is 1. The molecule has 0 radical (unpaired) electrons. The third-order valence-corrected chi connectivity index (χ3v) is 5.24. The first-order chi connectivity index (χ1) is 12.2. The number of tetrazole rings is 1. The van der Waals surface area contributed by atoms with Gasteiger partial charge in [0, 0.05) is 25.0 Å². The highest BCUT2D eigenvalue weighted by atomic mass is 32.2. The van der Waals surface area contributed by atoms with Crippen molar-refractivity contribution in [3.05, 3.63) is 29.8 Å². The molecule has 2 amide bonds. The van der Waals surface area contributed by atoms with Crippen LogP contribution in [0.1, 0.15) is 12.2 Å². The molecule has 1 aliphatic heterocycles. The second kappa shape index (κ2) is 6.98. The van der Waals surface area contributed by atoms with Crippen LogP contribution < -0.4 is 5.32 Å². The molecule has 26 heavy (non-hydrogen) atoms. The lowest BCUT2D eigenvalue weighted by Gasteiger charge is -2.18. The van der Waals surface area contributed by atoms with E-state index in [0.29, 0.717) is 31.0 Å². The first kappa shape index (κ1) is 18.2. The van der Waals surface area contributed by atoms with Gasteiger partial charge in [0.25, 0.3) is 0 Å². The summed E-state index contributed by atoms with van der Waals surface area (Å²) in [6.45, 7) is 2.49. The average Bonchev–Trinajstić information content (AvgIpc) is 3.17. The fraction of sp³-hybridized carbons (Fsp3) is 0.467. The number of carbonyl (C=O) groups excluding carboxylic acids is 1. The number of rotatable bonds is 4. The molecular formula is C15H19FN6O3S. The van der Waals surface area contributed by atoms with Gasteiger partial charge in [0.1, 0.15) is 21.3 Å². The summed E-state index contributed by atoms with van der Waals surface area (Å²) in [5.74, 6) is -0.109. The molecule has 3 rings (SSSR count). The van der Waals surface area contributed by atoms with Crippen LogP contribution in [0.3, 0.4) is 0 Å². The number of sulfone groups is 1. The van der Waals surface area contributed by atoms with E-state index in [4.69, 9.17) is 0 Å². The van der Waals surface area contributed by atoms with Gasteiger partial charge in [-0.3, -0.25) is 0 Å². The van der Waals surface area contributed by atoms with Crippen LogP contribution in [0.25, 0.3) is 5.69 Å². The highest BCUT2D eigenvalue weighted by molar-refractivity contribution is 7.90. The molecule has 9 nitrogen and oxygen atoms in total. The monoisotopic (exact) mass is 382 g/mol. The van der Waals surface area contributed by atoms with E-state index in [1.54, 1.807) is 11.8 Å².